The Morgan fingerprint density at radius 3 is 2.45 bits per heavy atom. The highest BCUT2D eigenvalue weighted by Gasteiger charge is 2.21. The zero-order valence-corrected chi connectivity index (χ0v) is 11.8. The van der Waals surface area contributed by atoms with E-state index in [4.69, 9.17) is 15.6 Å². The Morgan fingerprint density at radius 2 is 1.95 bits per heavy atom. The molecule has 0 rings (SSSR count). The molecular formula is C12H23N3O5. The van der Waals surface area contributed by atoms with Gasteiger partial charge in [-0.2, -0.15) is 0 Å². The van der Waals surface area contributed by atoms with E-state index in [1.54, 1.807) is 0 Å². The molecule has 20 heavy (non-hydrogen) atoms. The molecule has 8 heteroatoms. The molecule has 116 valence electrons. The van der Waals surface area contributed by atoms with Crippen LogP contribution in [0.2, 0.25) is 0 Å². The molecular weight excluding hydrogens is 266 g/mol. The van der Waals surface area contributed by atoms with Gasteiger partial charge in [-0.25, -0.2) is 9.59 Å². The molecule has 0 unspecified atom stereocenters. The number of carboxylic acid groups (broad SMARTS) is 1. The Bertz CT molecular complexity index is 333. The van der Waals surface area contributed by atoms with Gasteiger partial charge >= 0.3 is 12.0 Å². The largest absolute Gasteiger partial charge is 0.480 e. The molecule has 0 aliphatic carbocycles. The molecule has 0 aromatic heterocycles. The third-order valence-corrected chi connectivity index (χ3v) is 2.21. The lowest BCUT2D eigenvalue weighted by atomic mass is 10.2. The van der Waals surface area contributed by atoms with Crippen LogP contribution >= 0.6 is 0 Å². The maximum atomic E-state index is 11.4. The van der Waals surface area contributed by atoms with E-state index in [1.165, 1.54) is 0 Å². The van der Waals surface area contributed by atoms with Gasteiger partial charge < -0.3 is 26.2 Å². The highest BCUT2D eigenvalue weighted by Crippen LogP contribution is 1.93. The molecule has 5 N–H and O–H groups in total. The summed E-state index contributed by atoms with van der Waals surface area (Å²) in [7, 11) is 0. The SMILES string of the molecule is CC(C)COCCCNC(=O)N[C@H](CC(N)=O)C(=O)O. The van der Waals surface area contributed by atoms with Crippen LogP contribution in [0.4, 0.5) is 4.79 Å². The molecule has 0 aromatic rings. The van der Waals surface area contributed by atoms with Crippen LogP contribution in [0.1, 0.15) is 26.7 Å². The van der Waals surface area contributed by atoms with Gasteiger partial charge in [0, 0.05) is 19.8 Å². The number of amides is 3. The highest BCUT2D eigenvalue weighted by molar-refractivity contribution is 5.87. The van der Waals surface area contributed by atoms with E-state index in [2.05, 4.69) is 10.6 Å². The van der Waals surface area contributed by atoms with Crippen molar-refractivity contribution in [2.75, 3.05) is 19.8 Å². The van der Waals surface area contributed by atoms with Crippen LogP contribution < -0.4 is 16.4 Å². The monoisotopic (exact) mass is 289 g/mol. The number of urea groups is 1. The van der Waals surface area contributed by atoms with Gasteiger partial charge in [-0.3, -0.25) is 4.79 Å². The number of primary amides is 1. The summed E-state index contributed by atoms with van der Waals surface area (Å²) in [6, 6.07) is -1.97. The van der Waals surface area contributed by atoms with Crippen LogP contribution in [0.5, 0.6) is 0 Å². The Morgan fingerprint density at radius 1 is 1.30 bits per heavy atom. The second kappa shape index (κ2) is 10.0. The fourth-order valence-corrected chi connectivity index (χ4v) is 1.31. The predicted molar refractivity (Wildman–Crippen MR) is 72.0 cm³/mol. The van der Waals surface area contributed by atoms with Gasteiger partial charge in [0.15, 0.2) is 0 Å². The van der Waals surface area contributed by atoms with Crippen molar-refractivity contribution in [1.29, 1.82) is 0 Å². The Kier molecular flexibility index (Phi) is 9.10. The molecule has 0 bridgehead atoms. The highest BCUT2D eigenvalue weighted by atomic mass is 16.5. The lowest BCUT2D eigenvalue weighted by molar-refractivity contribution is -0.140. The van der Waals surface area contributed by atoms with Gasteiger partial charge in [0.25, 0.3) is 0 Å². The minimum atomic E-state index is -1.32. The maximum Gasteiger partial charge on any atom is 0.326 e. The van der Waals surface area contributed by atoms with E-state index in [1.807, 2.05) is 13.8 Å². The fraction of sp³-hybridized carbons (Fsp3) is 0.750. The number of nitrogens with one attached hydrogen (secondary N) is 2. The summed E-state index contributed by atoms with van der Waals surface area (Å²) >= 11 is 0. The summed E-state index contributed by atoms with van der Waals surface area (Å²) in [5, 5.41) is 13.4. The number of hydrogen-bond donors (Lipinski definition) is 4. The van der Waals surface area contributed by atoms with E-state index in [0.29, 0.717) is 32.1 Å². The molecule has 0 radical (unpaired) electrons. The molecule has 3 amide bonds. The summed E-state index contributed by atoms with van der Waals surface area (Å²) in [4.78, 5) is 32.8. The molecule has 0 saturated heterocycles. The zero-order chi connectivity index (χ0) is 15.5. The van der Waals surface area contributed by atoms with E-state index in [-0.39, 0.29) is 0 Å². The third kappa shape index (κ3) is 10.1. The van der Waals surface area contributed by atoms with Crippen molar-refractivity contribution in [3.8, 4) is 0 Å². The van der Waals surface area contributed by atoms with Crippen LogP contribution in [-0.4, -0.2) is 48.8 Å². The normalized spacial score (nSPS) is 11.9. The van der Waals surface area contributed by atoms with Crippen molar-refractivity contribution in [3.05, 3.63) is 0 Å². The number of carboxylic acids is 1. The van der Waals surface area contributed by atoms with Crippen LogP contribution in [-0.2, 0) is 14.3 Å². The molecule has 0 saturated carbocycles. The summed E-state index contributed by atoms with van der Waals surface area (Å²) in [5.74, 6) is -1.64. The van der Waals surface area contributed by atoms with Crippen molar-refractivity contribution in [3.63, 3.8) is 0 Å². The lowest BCUT2D eigenvalue weighted by Gasteiger charge is -2.13. The second-order valence-corrected chi connectivity index (χ2v) is 4.78. The van der Waals surface area contributed by atoms with Crippen molar-refractivity contribution in [2.45, 2.75) is 32.7 Å². The first-order valence-corrected chi connectivity index (χ1v) is 6.46. The molecule has 0 aromatic carbocycles. The van der Waals surface area contributed by atoms with Gasteiger partial charge in [-0.05, 0) is 12.3 Å². The Balaban J connectivity index is 3.80. The molecule has 0 fully saturated rings. The lowest BCUT2D eigenvalue weighted by Crippen LogP contribution is -2.47. The topological polar surface area (TPSA) is 131 Å². The molecule has 1 atom stereocenters. The molecule has 0 heterocycles. The molecule has 0 spiro atoms. The average molecular weight is 289 g/mol. The number of nitrogens with two attached hydrogens (primary N) is 1. The van der Waals surface area contributed by atoms with E-state index in [0.717, 1.165) is 0 Å². The number of rotatable bonds is 10. The number of hydrogen-bond acceptors (Lipinski definition) is 4. The fourth-order valence-electron chi connectivity index (χ4n) is 1.31. The van der Waals surface area contributed by atoms with Gasteiger partial charge in [-0.15, -0.1) is 0 Å². The summed E-state index contributed by atoms with van der Waals surface area (Å²) in [5.41, 5.74) is 4.90. The summed E-state index contributed by atoms with van der Waals surface area (Å²) in [6.07, 6.45) is 0.175. The van der Waals surface area contributed by atoms with Gasteiger partial charge in [0.1, 0.15) is 6.04 Å². The van der Waals surface area contributed by atoms with Crippen LogP contribution in [0.3, 0.4) is 0 Å². The van der Waals surface area contributed by atoms with Crippen LogP contribution in [0, 0.1) is 5.92 Å². The van der Waals surface area contributed by atoms with Crippen LogP contribution in [0.15, 0.2) is 0 Å². The van der Waals surface area contributed by atoms with E-state index < -0.39 is 30.4 Å². The minimum absolute atomic E-state index is 0.354. The Labute approximate surface area is 118 Å². The van der Waals surface area contributed by atoms with Crippen molar-refractivity contribution in [2.24, 2.45) is 11.7 Å². The maximum absolute atomic E-state index is 11.4. The van der Waals surface area contributed by atoms with Crippen LogP contribution in [0.25, 0.3) is 0 Å². The number of ether oxygens (including phenoxy) is 1. The third-order valence-electron chi connectivity index (χ3n) is 2.21. The van der Waals surface area contributed by atoms with Gasteiger partial charge in [0.2, 0.25) is 5.91 Å². The summed E-state index contributed by atoms with van der Waals surface area (Å²) in [6.45, 7) is 5.60. The van der Waals surface area contributed by atoms with Crippen molar-refractivity contribution < 1.29 is 24.2 Å². The second-order valence-electron chi connectivity index (χ2n) is 4.78. The molecule has 8 nitrogen and oxygen atoms in total. The quantitative estimate of drug-likeness (QED) is 0.409. The average Bonchev–Trinajstić information content (AvgIpc) is 2.31. The smallest absolute Gasteiger partial charge is 0.326 e. The van der Waals surface area contributed by atoms with E-state index >= 15 is 0 Å². The number of carbonyl (C=O) groups excluding carboxylic acids is 2. The van der Waals surface area contributed by atoms with Crippen molar-refractivity contribution in [1.82, 2.24) is 10.6 Å². The number of carbonyl (C=O) groups is 3. The van der Waals surface area contributed by atoms with Gasteiger partial charge in [-0.1, -0.05) is 13.8 Å². The first-order chi connectivity index (χ1) is 9.32. The first kappa shape index (κ1) is 18.2. The standard InChI is InChI=1S/C12H23N3O5/c1-8(2)7-20-5-3-4-14-12(19)15-9(11(17)18)6-10(13)16/h8-9H,3-7H2,1-2H3,(H2,13,16)(H,17,18)(H2,14,15,19)/t9-/m1/s1. The predicted octanol–water partition coefficient (Wildman–Crippen LogP) is -0.323. The molecule has 0 aliphatic rings. The van der Waals surface area contributed by atoms with Crippen molar-refractivity contribution >= 4 is 17.9 Å². The Hall–Kier alpha value is -1.83. The molecule has 0 aliphatic heterocycles. The summed E-state index contributed by atoms with van der Waals surface area (Å²) < 4.78 is 5.32. The first-order valence-electron chi connectivity index (χ1n) is 6.46. The van der Waals surface area contributed by atoms with Gasteiger partial charge in [0.05, 0.1) is 6.42 Å². The van der Waals surface area contributed by atoms with E-state index in [9.17, 15) is 14.4 Å². The minimum Gasteiger partial charge on any atom is -0.480 e. The zero-order valence-electron chi connectivity index (χ0n) is 11.8. The number of aliphatic carboxylic acids is 1.